The molecule has 0 radical (unpaired) electrons. The van der Waals surface area contributed by atoms with Crippen LogP contribution in [-0.4, -0.2) is 35.6 Å². The van der Waals surface area contributed by atoms with Gasteiger partial charge in [-0.15, -0.1) is 0 Å². The van der Waals surface area contributed by atoms with Crippen LogP contribution in [0, 0.1) is 17.1 Å². The fourth-order valence-corrected chi connectivity index (χ4v) is 2.50. The Hall–Kier alpha value is -2.39. The molecule has 2 aromatic rings. The summed E-state index contributed by atoms with van der Waals surface area (Å²) in [6.45, 7) is 2.42. The van der Waals surface area contributed by atoms with Crippen LogP contribution < -0.4 is 4.90 Å². The van der Waals surface area contributed by atoms with E-state index in [9.17, 15) is 4.39 Å². The number of halogens is 1. The summed E-state index contributed by atoms with van der Waals surface area (Å²) in [7, 11) is 0. The number of rotatable bonds is 3. The SMILES string of the molecule is N#Cc1ccc(N2CCOC(Cn3cccn3)C2)c(F)c1. The van der Waals surface area contributed by atoms with E-state index in [1.165, 1.54) is 6.07 Å². The molecule has 5 nitrogen and oxygen atoms in total. The van der Waals surface area contributed by atoms with Gasteiger partial charge in [0.05, 0.1) is 36.6 Å². The Labute approximate surface area is 122 Å². The van der Waals surface area contributed by atoms with Crippen molar-refractivity contribution in [1.82, 2.24) is 9.78 Å². The molecule has 2 heterocycles. The lowest BCUT2D eigenvalue weighted by molar-refractivity contribution is 0.0272. The zero-order valence-corrected chi connectivity index (χ0v) is 11.4. The summed E-state index contributed by atoms with van der Waals surface area (Å²) < 4.78 is 21.6. The third-order valence-corrected chi connectivity index (χ3v) is 3.51. The molecule has 1 fully saturated rings. The molecule has 0 spiro atoms. The first-order valence-corrected chi connectivity index (χ1v) is 6.80. The van der Waals surface area contributed by atoms with Gasteiger partial charge in [0.15, 0.2) is 0 Å². The van der Waals surface area contributed by atoms with E-state index in [1.54, 1.807) is 18.3 Å². The number of morpholine rings is 1. The molecule has 108 valence electrons. The molecule has 6 heteroatoms. The van der Waals surface area contributed by atoms with Crippen molar-refractivity contribution in [2.45, 2.75) is 12.6 Å². The Kier molecular flexibility index (Phi) is 3.84. The standard InChI is InChI=1S/C15H15FN4O/c16-14-8-12(9-17)2-3-15(14)19-6-7-21-13(10-19)11-20-5-1-4-18-20/h1-5,8,13H,6-7,10-11H2. The molecular formula is C15H15FN4O. The largest absolute Gasteiger partial charge is 0.373 e. The topological polar surface area (TPSA) is 54.1 Å². The highest BCUT2D eigenvalue weighted by atomic mass is 19.1. The lowest BCUT2D eigenvalue weighted by Gasteiger charge is -2.34. The summed E-state index contributed by atoms with van der Waals surface area (Å²) in [6.07, 6.45) is 3.57. The van der Waals surface area contributed by atoms with Gasteiger partial charge in [-0.1, -0.05) is 0 Å². The molecule has 0 bridgehead atoms. The average Bonchev–Trinajstić information content (AvgIpc) is 3.00. The highest BCUT2D eigenvalue weighted by Crippen LogP contribution is 2.23. The first-order chi connectivity index (χ1) is 10.3. The highest BCUT2D eigenvalue weighted by Gasteiger charge is 2.23. The molecule has 3 rings (SSSR count). The van der Waals surface area contributed by atoms with Crippen LogP contribution >= 0.6 is 0 Å². The van der Waals surface area contributed by atoms with E-state index in [0.717, 1.165) is 0 Å². The Bertz CT molecular complexity index is 650. The molecule has 21 heavy (non-hydrogen) atoms. The van der Waals surface area contributed by atoms with Crippen LogP contribution in [0.4, 0.5) is 10.1 Å². The van der Waals surface area contributed by atoms with Gasteiger partial charge in [0, 0.05) is 25.5 Å². The lowest BCUT2D eigenvalue weighted by atomic mass is 10.1. The van der Waals surface area contributed by atoms with Crippen LogP contribution in [0.5, 0.6) is 0 Å². The first-order valence-electron chi connectivity index (χ1n) is 6.80. The summed E-state index contributed by atoms with van der Waals surface area (Å²) in [5, 5.41) is 12.9. The molecular weight excluding hydrogens is 271 g/mol. The van der Waals surface area contributed by atoms with Crippen LogP contribution in [0.25, 0.3) is 0 Å². The summed E-state index contributed by atoms with van der Waals surface area (Å²) in [5.74, 6) is -0.367. The van der Waals surface area contributed by atoms with Crippen LogP contribution in [0.3, 0.4) is 0 Å². The number of anilines is 1. The molecule has 1 aliphatic heterocycles. The second-order valence-corrected chi connectivity index (χ2v) is 4.94. The van der Waals surface area contributed by atoms with Gasteiger partial charge in [-0.25, -0.2) is 4.39 Å². The molecule has 1 saturated heterocycles. The van der Waals surface area contributed by atoms with Crippen LogP contribution in [0.15, 0.2) is 36.7 Å². The Morgan fingerprint density at radius 1 is 1.48 bits per heavy atom. The number of benzene rings is 1. The lowest BCUT2D eigenvalue weighted by Crippen LogP contribution is -2.44. The molecule has 0 N–H and O–H groups in total. The molecule has 0 aliphatic carbocycles. The van der Waals surface area contributed by atoms with Crippen molar-refractivity contribution in [2.75, 3.05) is 24.6 Å². The maximum absolute atomic E-state index is 14.1. The van der Waals surface area contributed by atoms with Gasteiger partial charge in [0.2, 0.25) is 0 Å². The fourth-order valence-electron chi connectivity index (χ4n) is 2.50. The maximum atomic E-state index is 14.1. The first kappa shape index (κ1) is 13.6. The van der Waals surface area contributed by atoms with Crippen LogP contribution in [-0.2, 0) is 11.3 Å². The zero-order valence-electron chi connectivity index (χ0n) is 11.4. The van der Waals surface area contributed by atoms with Crippen molar-refractivity contribution >= 4 is 5.69 Å². The minimum atomic E-state index is -0.367. The summed E-state index contributed by atoms with van der Waals surface area (Å²) in [6, 6.07) is 8.37. The van der Waals surface area contributed by atoms with Crippen molar-refractivity contribution in [3.8, 4) is 6.07 Å². The fraction of sp³-hybridized carbons (Fsp3) is 0.333. The molecule has 0 amide bonds. The zero-order chi connectivity index (χ0) is 14.7. The number of ether oxygens (including phenoxy) is 1. The van der Waals surface area contributed by atoms with Crippen molar-refractivity contribution in [1.29, 1.82) is 5.26 Å². The predicted molar refractivity (Wildman–Crippen MR) is 75.3 cm³/mol. The van der Waals surface area contributed by atoms with Gasteiger partial charge in [-0.05, 0) is 24.3 Å². The van der Waals surface area contributed by atoms with Gasteiger partial charge in [0.1, 0.15) is 5.82 Å². The number of nitriles is 1. The number of aromatic nitrogens is 2. The monoisotopic (exact) mass is 286 g/mol. The van der Waals surface area contributed by atoms with Gasteiger partial charge in [0.25, 0.3) is 0 Å². The highest BCUT2D eigenvalue weighted by molar-refractivity contribution is 5.51. The molecule has 0 saturated carbocycles. The van der Waals surface area contributed by atoms with E-state index >= 15 is 0 Å². The molecule has 1 unspecified atom stereocenters. The van der Waals surface area contributed by atoms with Gasteiger partial charge >= 0.3 is 0 Å². The van der Waals surface area contributed by atoms with Gasteiger partial charge in [-0.2, -0.15) is 10.4 Å². The number of nitrogens with zero attached hydrogens (tertiary/aromatic N) is 4. The Morgan fingerprint density at radius 2 is 2.38 bits per heavy atom. The second-order valence-electron chi connectivity index (χ2n) is 4.94. The quantitative estimate of drug-likeness (QED) is 0.863. The summed E-state index contributed by atoms with van der Waals surface area (Å²) in [4.78, 5) is 1.95. The van der Waals surface area contributed by atoms with Gasteiger partial charge < -0.3 is 9.64 Å². The van der Waals surface area contributed by atoms with E-state index in [2.05, 4.69) is 5.10 Å². The van der Waals surface area contributed by atoms with E-state index < -0.39 is 0 Å². The van der Waals surface area contributed by atoms with Crippen molar-refractivity contribution < 1.29 is 9.13 Å². The third kappa shape index (κ3) is 3.03. The van der Waals surface area contributed by atoms with Crippen molar-refractivity contribution in [3.05, 3.63) is 48.0 Å². The van der Waals surface area contributed by atoms with E-state index in [1.807, 2.05) is 27.9 Å². The maximum Gasteiger partial charge on any atom is 0.147 e. The molecule has 1 atom stereocenters. The Balaban J connectivity index is 1.72. The minimum absolute atomic E-state index is 0.0336. The normalized spacial score (nSPS) is 18.5. The average molecular weight is 286 g/mol. The summed E-state index contributed by atoms with van der Waals surface area (Å²) in [5.41, 5.74) is 0.848. The second kappa shape index (κ2) is 5.94. The minimum Gasteiger partial charge on any atom is -0.373 e. The van der Waals surface area contributed by atoms with Crippen LogP contribution in [0.1, 0.15) is 5.56 Å². The number of hydrogen-bond donors (Lipinski definition) is 0. The van der Waals surface area contributed by atoms with Gasteiger partial charge in [-0.3, -0.25) is 4.68 Å². The van der Waals surface area contributed by atoms with Crippen molar-refractivity contribution in [3.63, 3.8) is 0 Å². The van der Waals surface area contributed by atoms with E-state index in [4.69, 9.17) is 10.00 Å². The van der Waals surface area contributed by atoms with E-state index in [0.29, 0.717) is 37.5 Å². The van der Waals surface area contributed by atoms with E-state index in [-0.39, 0.29) is 11.9 Å². The molecule has 1 aliphatic rings. The predicted octanol–water partition coefficient (Wildman–Crippen LogP) is 1.80. The molecule has 1 aromatic heterocycles. The smallest absolute Gasteiger partial charge is 0.147 e. The third-order valence-electron chi connectivity index (χ3n) is 3.51. The van der Waals surface area contributed by atoms with Crippen LogP contribution in [0.2, 0.25) is 0 Å². The Morgan fingerprint density at radius 3 is 3.10 bits per heavy atom. The molecule has 1 aromatic carbocycles. The van der Waals surface area contributed by atoms with Crippen molar-refractivity contribution in [2.24, 2.45) is 0 Å². The number of hydrogen-bond acceptors (Lipinski definition) is 4. The summed E-state index contributed by atoms with van der Waals surface area (Å²) >= 11 is 0.